The molecule has 3 rings (SSSR count). The Balaban J connectivity index is 2.00. The first-order chi connectivity index (χ1) is 10.8. The summed E-state index contributed by atoms with van der Waals surface area (Å²) in [7, 11) is 0. The number of H-pyrrole nitrogens is 1. The lowest BCUT2D eigenvalue weighted by molar-refractivity contribution is 0.874. The van der Waals surface area contributed by atoms with Crippen LogP contribution < -0.4 is 5.56 Å². The van der Waals surface area contributed by atoms with E-state index in [1.165, 1.54) is 5.56 Å². The van der Waals surface area contributed by atoms with E-state index < -0.39 is 0 Å². The average molecular weight is 290 g/mol. The van der Waals surface area contributed by atoms with Gasteiger partial charge in [-0.15, -0.1) is 0 Å². The predicted molar refractivity (Wildman–Crippen MR) is 88.9 cm³/mol. The van der Waals surface area contributed by atoms with Crippen LogP contribution in [-0.2, 0) is 12.8 Å². The third kappa shape index (κ3) is 2.98. The molecule has 0 saturated carbocycles. The van der Waals surface area contributed by atoms with Gasteiger partial charge in [0.25, 0.3) is 5.56 Å². The Morgan fingerprint density at radius 2 is 1.55 bits per heavy atom. The van der Waals surface area contributed by atoms with Crippen molar-refractivity contribution in [1.82, 2.24) is 10.2 Å². The largest absolute Gasteiger partial charge is 0.268 e. The molecule has 3 nitrogen and oxygen atoms in total. The smallest absolute Gasteiger partial charge is 0.268 e. The van der Waals surface area contributed by atoms with Crippen LogP contribution in [0.1, 0.15) is 16.8 Å². The highest BCUT2D eigenvalue weighted by Crippen LogP contribution is 2.24. The highest BCUT2D eigenvalue weighted by Gasteiger charge is 2.13. The minimum atomic E-state index is -0.0969. The number of nitrogens with one attached hydrogen (secondary N) is 1. The number of hydrogen-bond donors (Lipinski definition) is 1. The molecular weight excluding hydrogens is 272 g/mol. The van der Waals surface area contributed by atoms with Crippen molar-refractivity contribution in [2.24, 2.45) is 0 Å². The Morgan fingerprint density at radius 1 is 0.909 bits per heavy atom. The number of aryl methyl sites for hydroxylation is 2. The normalized spacial score (nSPS) is 10.6. The van der Waals surface area contributed by atoms with Crippen molar-refractivity contribution in [3.8, 4) is 11.1 Å². The fourth-order valence-electron chi connectivity index (χ4n) is 2.73. The van der Waals surface area contributed by atoms with Gasteiger partial charge in [0.05, 0.1) is 5.69 Å². The molecule has 0 amide bonds. The molecule has 0 atom stereocenters. The molecule has 0 aliphatic carbocycles. The van der Waals surface area contributed by atoms with E-state index in [4.69, 9.17) is 0 Å². The number of hydrogen-bond acceptors (Lipinski definition) is 2. The van der Waals surface area contributed by atoms with Crippen molar-refractivity contribution < 1.29 is 0 Å². The van der Waals surface area contributed by atoms with E-state index in [-0.39, 0.29) is 5.56 Å². The summed E-state index contributed by atoms with van der Waals surface area (Å²) in [6, 6.07) is 20.2. The summed E-state index contributed by atoms with van der Waals surface area (Å²) < 4.78 is 0. The van der Waals surface area contributed by atoms with Crippen molar-refractivity contribution >= 4 is 0 Å². The van der Waals surface area contributed by atoms with Crippen LogP contribution in [0, 0.1) is 6.92 Å². The Hall–Kier alpha value is -2.68. The number of nitrogens with zero attached hydrogens (tertiary/aromatic N) is 1. The molecule has 110 valence electrons. The molecule has 0 bridgehead atoms. The van der Waals surface area contributed by atoms with Gasteiger partial charge >= 0.3 is 0 Å². The Kier molecular flexibility index (Phi) is 4.15. The van der Waals surface area contributed by atoms with Crippen LogP contribution >= 0.6 is 0 Å². The second-order valence-electron chi connectivity index (χ2n) is 5.34. The maximum absolute atomic E-state index is 12.3. The molecule has 2 aromatic carbocycles. The topological polar surface area (TPSA) is 45.8 Å². The first-order valence-electron chi connectivity index (χ1n) is 7.43. The predicted octanol–water partition coefficient (Wildman–Crippen LogP) is 3.53. The monoisotopic (exact) mass is 290 g/mol. The van der Waals surface area contributed by atoms with Gasteiger partial charge in [-0.25, -0.2) is 5.10 Å². The van der Waals surface area contributed by atoms with Crippen LogP contribution in [0.4, 0.5) is 0 Å². The second kappa shape index (κ2) is 6.39. The summed E-state index contributed by atoms with van der Waals surface area (Å²) in [4.78, 5) is 12.3. The third-order valence-electron chi connectivity index (χ3n) is 3.83. The van der Waals surface area contributed by atoms with Crippen LogP contribution in [0.5, 0.6) is 0 Å². The zero-order chi connectivity index (χ0) is 15.4. The summed E-state index contributed by atoms with van der Waals surface area (Å²) >= 11 is 0. The fraction of sp³-hybridized carbons (Fsp3) is 0.158. The van der Waals surface area contributed by atoms with Gasteiger partial charge in [-0.2, -0.15) is 5.10 Å². The van der Waals surface area contributed by atoms with E-state index in [1.54, 1.807) is 0 Å². The van der Waals surface area contributed by atoms with E-state index in [0.29, 0.717) is 6.42 Å². The highest BCUT2D eigenvalue weighted by atomic mass is 16.1. The number of rotatable bonds is 4. The molecule has 0 aliphatic heterocycles. The summed E-state index contributed by atoms with van der Waals surface area (Å²) in [6.07, 6.45) is 1.54. The lowest BCUT2D eigenvalue weighted by atomic mass is 9.95. The second-order valence-corrected chi connectivity index (χ2v) is 5.34. The summed E-state index contributed by atoms with van der Waals surface area (Å²) in [5.41, 5.74) is 4.80. The zero-order valence-corrected chi connectivity index (χ0v) is 12.5. The van der Waals surface area contributed by atoms with Crippen molar-refractivity contribution in [2.45, 2.75) is 19.8 Å². The van der Waals surface area contributed by atoms with Gasteiger partial charge in [-0.3, -0.25) is 4.79 Å². The molecule has 0 spiro atoms. The molecule has 1 N–H and O–H groups in total. The number of aromatic amines is 1. The maximum Gasteiger partial charge on any atom is 0.268 e. The molecule has 0 radical (unpaired) electrons. The average Bonchev–Trinajstić information content (AvgIpc) is 2.57. The van der Waals surface area contributed by atoms with E-state index in [9.17, 15) is 4.79 Å². The molecule has 3 heteroatoms. The minimum absolute atomic E-state index is 0.0969. The Morgan fingerprint density at radius 3 is 2.23 bits per heavy atom. The molecule has 3 aromatic rings. The van der Waals surface area contributed by atoms with Gasteiger partial charge in [-0.1, -0.05) is 60.7 Å². The maximum atomic E-state index is 12.3. The third-order valence-corrected chi connectivity index (χ3v) is 3.83. The van der Waals surface area contributed by atoms with Crippen molar-refractivity contribution in [1.29, 1.82) is 0 Å². The first kappa shape index (κ1) is 14.3. The van der Waals surface area contributed by atoms with Gasteiger partial charge in [0.2, 0.25) is 0 Å². The van der Waals surface area contributed by atoms with Gasteiger partial charge < -0.3 is 0 Å². The van der Waals surface area contributed by atoms with Gasteiger partial charge in [0.1, 0.15) is 0 Å². The van der Waals surface area contributed by atoms with Crippen molar-refractivity contribution in [3.05, 3.63) is 87.8 Å². The van der Waals surface area contributed by atoms with Gasteiger partial charge in [0.15, 0.2) is 0 Å². The van der Waals surface area contributed by atoms with Crippen LogP contribution in [-0.4, -0.2) is 10.2 Å². The summed E-state index contributed by atoms with van der Waals surface area (Å²) in [6.45, 7) is 1.93. The quantitative estimate of drug-likeness (QED) is 0.799. The first-order valence-corrected chi connectivity index (χ1v) is 7.43. The van der Waals surface area contributed by atoms with Crippen LogP contribution in [0.15, 0.2) is 65.5 Å². The molecule has 0 unspecified atom stereocenters. The molecule has 0 aliphatic rings. The van der Waals surface area contributed by atoms with Crippen molar-refractivity contribution in [3.63, 3.8) is 0 Å². The minimum Gasteiger partial charge on any atom is -0.268 e. The van der Waals surface area contributed by atoms with Crippen LogP contribution in [0.2, 0.25) is 0 Å². The Bertz CT molecular complexity index is 808. The summed E-state index contributed by atoms with van der Waals surface area (Å²) in [5.74, 6) is 0. The lowest BCUT2D eigenvalue weighted by Crippen LogP contribution is -2.18. The standard InChI is InChI=1S/C19H18N2O/c1-14-18(16-10-6-3-7-11-16)17(19(22)21-20-14)13-12-15-8-4-2-5-9-15/h2-11H,12-13H2,1H3,(H,21,22). The molecule has 0 fully saturated rings. The molecule has 1 aromatic heterocycles. The fourth-order valence-corrected chi connectivity index (χ4v) is 2.73. The number of aromatic nitrogens is 2. The molecule has 1 heterocycles. The SMILES string of the molecule is Cc1n[nH]c(=O)c(CCc2ccccc2)c1-c1ccccc1. The van der Waals surface area contributed by atoms with Gasteiger partial charge in [0, 0.05) is 11.1 Å². The van der Waals surface area contributed by atoms with Crippen molar-refractivity contribution in [2.75, 3.05) is 0 Å². The van der Waals surface area contributed by atoms with Crippen LogP contribution in [0.3, 0.4) is 0 Å². The summed E-state index contributed by atoms with van der Waals surface area (Å²) in [5, 5.41) is 6.74. The lowest BCUT2D eigenvalue weighted by Gasteiger charge is -2.11. The zero-order valence-electron chi connectivity index (χ0n) is 12.5. The Labute approximate surface area is 129 Å². The molecule has 0 saturated heterocycles. The molecular formula is C19H18N2O. The van der Waals surface area contributed by atoms with E-state index in [2.05, 4.69) is 22.3 Å². The van der Waals surface area contributed by atoms with Crippen LogP contribution in [0.25, 0.3) is 11.1 Å². The van der Waals surface area contributed by atoms with E-state index in [1.807, 2.05) is 55.5 Å². The van der Waals surface area contributed by atoms with Gasteiger partial charge in [-0.05, 0) is 30.9 Å². The van der Waals surface area contributed by atoms with E-state index in [0.717, 1.165) is 28.8 Å². The molecule has 22 heavy (non-hydrogen) atoms. The van der Waals surface area contributed by atoms with E-state index >= 15 is 0 Å². The number of benzene rings is 2. The highest BCUT2D eigenvalue weighted by molar-refractivity contribution is 5.68.